The quantitative estimate of drug-likeness (QED) is 0.272. The Hall–Kier alpha value is -2.42. The van der Waals surface area contributed by atoms with Gasteiger partial charge in [0.15, 0.2) is 10.9 Å². The van der Waals surface area contributed by atoms with E-state index in [0.29, 0.717) is 29.3 Å². The second-order valence-corrected chi connectivity index (χ2v) is 8.91. The second-order valence-electron chi connectivity index (χ2n) is 6.77. The summed E-state index contributed by atoms with van der Waals surface area (Å²) in [6.07, 6.45) is 1.74. The van der Waals surface area contributed by atoms with Crippen molar-refractivity contribution < 1.29 is 9.53 Å². The molecule has 1 N–H and O–H groups in total. The molecule has 0 radical (unpaired) electrons. The van der Waals surface area contributed by atoms with Gasteiger partial charge in [-0.05, 0) is 25.5 Å². The van der Waals surface area contributed by atoms with Crippen molar-refractivity contribution in [2.24, 2.45) is 0 Å². The van der Waals surface area contributed by atoms with Crippen molar-refractivity contribution in [1.29, 1.82) is 0 Å². The summed E-state index contributed by atoms with van der Waals surface area (Å²) in [5.74, 6) is 0.203. The highest BCUT2D eigenvalue weighted by Gasteiger charge is 2.19. The number of rotatable bonds is 7. The molecule has 0 saturated heterocycles. The van der Waals surface area contributed by atoms with Crippen LogP contribution in [0.4, 0.5) is 0 Å². The van der Waals surface area contributed by atoms with Crippen LogP contribution < -0.4 is 5.56 Å². The number of hydrogen-bond acceptors (Lipinski definition) is 6. The minimum Gasteiger partial charge on any atom is -0.383 e. The van der Waals surface area contributed by atoms with E-state index in [9.17, 15) is 9.59 Å². The zero-order valence-corrected chi connectivity index (χ0v) is 18.1. The van der Waals surface area contributed by atoms with Crippen molar-refractivity contribution in [2.75, 3.05) is 19.5 Å². The Labute approximate surface area is 175 Å². The lowest BCUT2D eigenvalue weighted by molar-refractivity contribution is 0.102. The molecule has 0 saturated carbocycles. The van der Waals surface area contributed by atoms with E-state index in [2.05, 4.69) is 4.98 Å². The Kier molecular flexibility index (Phi) is 5.58. The first-order valence-corrected chi connectivity index (χ1v) is 11.0. The summed E-state index contributed by atoms with van der Waals surface area (Å²) in [6.45, 7) is 4.74. The summed E-state index contributed by atoms with van der Waals surface area (Å²) >= 11 is 2.81. The number of hydrogen-bond donors (Lipinski definition) is 1. The van der Waals surface area contributed by atoms with Crippen LogP contribution in [-0.4, -0.2) is 39.8 Å². The van der Waals surface area contributed by atoms with Gasteiger partial charge >= 0.3 is 0 Å². The second kappa shape index (κ2) is 8.14. The number of ketones is 1. The van der Waals surface area contributed by atoms with Crippen molar-refractivity contribution in [3.63, 3.8) is 0 Å². The number of benzene rings is 1. The Morgan fingerprint density at radius 2 is 2.10 bits per heavy atom. The molecule has 0 aliphatic carbocycles. The summed E-state index contributed by atoms with van der Waals surface area (Å²) in [5, 5.41) is 2.12. The number of aryl methyl sites for hydroxylation is 2. The van der Waals surface area contributed by atoms with Gasteiger partial charge in [-0.2, -0.15) is 0 Å². The molecule has 0 fully saturated rings. The SMILES string of the molecule is COCCn1c(SCC(=O)c2c[nH]c3ccccc23)nc2sc(C)c(C)c2c1=O. The molecule has 0 bridgehead atoms. The van der Waals surface area contributed by atoms with E-state index in [1.54, 1.807) is 17.9 Å². The van der Waals surface area contributed by atoms with E-state index in [0.717, 1.165) is 26.2 Å². The molecule has 0 unspecified atom stereocenters. The molecule has 0 spiro atoms. The summed E-state index contributed by atoms with van der Waals surface area (Å²) in [7, 11) is 1.60. The monoisotopic (exact) mass is 427 g/mol. The highest BCUT2D eigenvalue weighted by Crippen LogP contribution is 2.29. The first-order valence-electron chi connectivity index (χ1n) is 9.23. The molecule has 4 aromatic rings. The van der Waals surface area contributed by atoms with Gasteiger partial charge in [-0.25, -0.2) is 4.98 Å². The number of Topliss-reactive ketones (excluding diaryl/α,β-unsaturated/α-hetero) is 1. The molecule has 3 aromatic heterocycles. The molecule has 0 amide bonds. The lowest BCUT2D eigenvalue weighted by Crippen LogP contribution is -2.25. The topological polar surface area (TPSA) is 77.0 Å². The number of aromatic nitrogens is 3. The zero-order chi connectivity index (χ0) is 20.5. The van der Waals surface area contributed by atoms with Crippen molar-refractivity contribution in [2.45, 2.75) is 25.5 Å². The van der Waals surface area contributed by atoms with Crippen LogP contribution >= 0.6 is 23.1 Å². The maximum atomic E-state index is 13.1. The summed E-state index contributed by atoms with van der Waals surface area (Å²) in [4.78, 5) is 35.6. The third-order valence-electron chi connectivity index (χ3n) is 4.99. The molecular weight excluding hydrogens is 406 g/mol. The third kappa shape index (κ3) is 3.63. The fourth-order valence-corrected chi connectivity index (χ4v) is 5.29. The predicted molar refractivity (Wildman–Crippen MR) is 119 cm³/mol. The van der Waals surface area contributed by atoms with Crippen molar-refractivity contribution >= 4 is 50.0 Å². The Morgan fingerprint density at radius 1 is 1.31 bits per heavy atom. The normalized spacial score (nSPS) is 11.6. The van der Waals surface area contributed by atoms with E-state index < -0.39 is 0 Å². The van der Waals surface area contributed by atoms with Crippen molar-refractivity contribution in [3.8, 4) is 0 Å². The molecular formula is C21H21N3O3S2. The van der Waals surface area contributed by atoms with Crippen LogP contribution in [0.5, 0.6) is 0 Å². The molecule has 6 nitrogen and oxygen atoms in total. The number of carbonyl (C=O) groups is 1. The maximum Gasteiger partial charge on any atom is 0.263 e. The number of thiophene rings is 1. The van der Waals surface area contributed by atoms with Gasteiger partial charge in [0.05, 0.1) is 24.3 Å². The molecule has 0 atom stereocenters. The summed E-state index contributed by atoms with van der Waals surface area (Å²) in [6, 6.07) is 7.72. The molecule has 1 aromatic carbocycles. The molecule has 4 rings (SSSR count). The van der Waals surface area contributed by atoms with Crippen LogP contribution in [0.1, 0.15) is 20.8 Å². The summed E-state index contributed by atoms with van der Waals surface area (Å²) < 4.78 is 6.79. The predicted octanol–water partition coefficient (Wildman–Crippen LogP) is 4.18. The van der Waals surface area contributed by atoms with Gasteiger partial charge in [0.1, 0.15) is 4.83 Å². The van der Waals surface area contributed by atoms with Crippen LogP contribution in [0, 0.1) is 13.8 Å². The fourth-order valence-electron chi connectivity index (χ4n) is 3.31. The zero-order valence-electron chi connectivity index (χ0n) is 16.4. The molecule has 3 heterocycles. The highest BCUT2D eigenvalue weighted by molar-refractivity contribution is 7.99. The van der Waals surface area contributed by atoms with Gasteiger partial charge in [0, 0.05) is 34.7 Å². The van der Waals surface area contributed by atoms with Gasteiger partial charge in [0.25, 0.3) is 5.56 Å². The first-order chi connectivity index (χ1) is 14.0. The van der Waals surface area contributed by atoms with Gasteiger partial charge in [-0.3, -0.25) is 14.2 Å². The van der Waals surface area contributed by atoms with Crippen molar-refractivity contribution in [1.82, 2.24) is 14.5 Å². The number of thioether (sulfide) groups is 1. The Bertz CT molecular complexity index is 1270. The number of para-hydroxylation sites is 1. The van der Waals surface area contributed by atoms with Gasteiger partial charge in [-0.1, -0.05) is 30.0 Å². The maximum absolute atomic E-state index is 13.1. The molecule has 150 valence electrons. The van der Waals surface area contributed by atoms with E-state index in [1.807, 2.05) is 38.1 Å². The highest BCUT2D eigenvalue weighted by atomic mass is 32.2. The number of H-pyrrole nitrogens is 1. The molecule has 8 heteroatoms. The standard InChI is InChI=1S/C21H21N3O3S2/c1-12-13(2)29-19-18(12)20(26)24(8-9-27-3)21(23-19)28-11-17(25)15-10-22-16-7-5-4-6-14(15)16/h4-7,10,22H,8-9,11H2,1-3H3. The smallest absolute Gasteiger partial charge is 0.263 e. The van der Waals surface area contributed by atoms with Gasteiger partial charge < -0.3 is 9.72 Å². The molecule has 0 aliphatic rings. The number of methoxy groups -OCH3 is 1. The van der Waals surface area contributed by atoms with Crippen molar-refractivity contribution in [3.05, 3.63) is 56.8 Å². The first kappa shape index (κ1) is 19.9. The van der Waals surface area contributed by atoms with Crippen LogP contribution in [0.2, 0.25) is 0 Å². The lowest BCUT2D eigenvalue weighted by Gasteiger charge is -2.11. The van der Waals surface area contributed by atoms with E-state index in [-0.39, 0.29) is 17.1 Å². The number of ether oxygens (including phenoxy) is 1. The van der Waals surface area contributed by atoms with Crippen LogP contribution in [-0.2, 0) is 11.3 Å². The molecule has 0 aliphatic heterocycles. The minimum atomic E-state index is -0.0732. The Morgan fingerprint density at radius 3 is 2.90 bits per heavy atom. The average Bonchev–Trinajstić information content (AvgIpc) is 3.27. The van der Waals surface area contributed by atoms with E-state index in [1.165, 1.54) is 23.1 Å². The number of fused-ring (bicyclic) bond motifs is 2. The largest absolute Gasteiger partial charge is 0.383 e. The third-order valence-corrected chi connectivity index (χ3v) is 7.07. The fraction of sp³-hybridized carbons (Fsp3) is 0.286. The number of aromatic amines is 1. The number of nitrogens with zero attached hydrogens (tertiary/aromatic N) is 2. The van der Waals surface area contributed by atoms with Gasteiger partial charge in [0.2, 0.25) is 0 Å². The molecule has 29 heavy (non-hydrogen) atoms. The van der Waals surface area contributed by atoms with Crippen LogP contribution in [0.3, 0.4) is 0 Å². The van der Waals surface area contributed by atoms with Crippen LogP contribution in [0.25, 0.3) is 21.1 Å². The lowest BCUT2D eigenvalue weighted by atomic mass is 10.1. The van der Waals surface area contributed by atoms with Crippen LogP contribution in [0.15, 0.2) is 40.4 Å². The van der Waals surface area contributed by atoms with E-state index in [4.69, 9.17) is 9.72 Å². The van der Waals surface area contributed by atoms with E-state index >= 15 is 0 Å². The average molecular weight is 428 g/mol. The minimum absolute atomic E-state index is 0.00127. The summed E-state index contributed by atoms with van der Waals surface area (Å²) in [5.41, 5.74) is 2.49. The number of nitrogens with one attached hydrogen (secondary N) is 1. The van der Waals surface area contributed by atoms with Gasteiger partial charge in [-0.15, -0.1) is 11.3 Å². The number of carbonyl (C=O) groups excluding carboxylic acids is 1. The Balaban J connectivity index is 1.67.